The molecule has 0 amide bonds. The molecule has 0 aromatic carbocycles. The maximum Gasteiger partial charge on any atom is 0.268 e. The lowest BCUT2D eigenvalue weighted by atomic mass is 9.48. The summed E-state index contributed by atoms with van der Waals surface area (Å²) in [7, 11) is 0. The van der Waals surface area contributed by atoms with Gasteiger partial charge < -0.3 is 4.98 Å². The van der Waals surface area contributed by atoms with Crippen molar-refractivity contribution in [2.45, 2.75) is 43.9 Å². The molecule has 4 fully saturated rings. The van der Waals surface area contributed by atoms with Gasteiger partial charge >= 0.3 is 0 Å². The van der Waals surface area contributed by atoms with Gasteiger partial charge in [-0.3, -0.25) is 4.79 Å². The molecule has 4 nitrogen and oxygen atoms in total. The third-order valence-electron chi connectivity index (χ3n) is 5.51. The number of hydrogen-bond acceptors (Lipinski definition) is 3. The van der Waals surface area contributed by atoms with E-state index in [9.17, 15) is 10.1 Å². The first-order chi connectivity index (χ1) is 9.20. The summed E-state index contributed by atoms with van der Waals surface area (Å²) in [6, 6.07) is 2.08. The number of nitriles is 1. The van der Waals surface area contributed by atoms with E-state index in [0.717, 1.165) is 42.7 Å². The van der Waals surface area contributed by atoms with Crippen molar-refractivity contribution in [1.82, 2.24) is 9.97 Å². The summed E-state index contributed by atoms with van der Waals surface area (Å²) in [5.74, 6) is 2.37. The van der Waals surface area contributed by atoms with Gasteiger partial charge in [-0.25, -0.2) is 4.98 Å². The number of hydrogen-bond donors (Lipinski definition) is 1. The van der Waals surface area contributed by atoms with Gasteiger partial charge in [-0.15, -0.1) is 0 Å². The molecule has 0 atom stereocenters. The summed E-state index contributed by atoms with van der Waals surface area (Å²) < 4.78 is 0. The van der Waals surface area contributed by atoms with E-state index < -0.39 is 0 Å². The van der Waals surface area contributed by atoms with Crippen molar-refractivity contribution in [2.24, 2.45) is 17.8 Å². The van der Waals surface area contributed by atoms with Crippen LogP contribution in [-0.4, -0.2) is 9.97 Å². The van der Waals surface area contributed by atoms with Crippen molar-refractivity contribution >= 4 is 0 Å². The van der Waals surface area contributed by atoms with E-state index in [1.807, 2.05) is 0 Å². The van der Waals surface area contributed by atoms with Crippen LogP contribution in [0, 0.1) is 29.1 Å². The molecule has 1 N–H and O–H groups in total. The van der Waals surface area contributed by atoms with Crippen LogP contribution in [-0.2, 0) is 5.41 Å². The average Bonchev–Trinajstić information content (AvgIpc) is 2.36. The molecule has 0 spiro atoms. The zero-order valence-electron chi connectivity index (χ0n) is 10.9. The van der Waals surface area contributed by atoms with E-state index in [1.54, 1.807) is 0 Å². The van der Waals surface area contributed by atoms with Gasteiger partial charge in [0.2, 0.25) is 0 Å². The minimum Gasteiger partial charge on any atom is -0.312 e. The van der Waals surface area contributed by atoms with Gasteiger partial charge in [0, 0.05) is 5.41 Å². The standard InChI is InChI=1S/C15H17N3O/c16-7-12-13(17-8-18-14(12)19)15-4-9-1-10(5-15)3-11(2-9)6-15/h8-11H,1-6H2,(H,17,18,19). The molecule has 98 valence electrons. The van der Waals surface area contributed by atoms with Crippen molar-refractivity contribution in [3.05, 3.63) is 27.9 Å². The average molecular weight is 255 g/mol. The minimum atomic E-state index is -0.275. The largest absolute Gasteiger partial charge is 0.312 e. The Morgan fingerprint density at radius 1 is 1.21 bits per heavy atom. The van der Waals surface area contributed by atoms with Crippen LogP contribution < -0.4 is 5.56 Å². The molecule has 0 unspecified atom stereocenters. The molecule has 0 radical (unpaired) electrons. The topological polar surface area (TPSA) is 69.5 Å². The van der Waals surface area contributed by atoms with Crippen molar-refractivity contribution in [2.75, 3.05) is 0 Å². The van der Waals surface area contributed by atoms with E-state index in [2.05, 4.69) is 16.0 Å². The molecule has 1 aromatic rings. The first-order valence-corrected chi connectivity index (χ1v) is 7.18. The van der Waals surface area contributed by atoms with Gasteiger partial charge in [-0.2, -0.15) is 5.26 Å². The van der Waals surface area contributed by atoms with Gasteiger partial charge in [0.1, 0.15) is 11.6 Å². The molecule has 4 heteroatoms. The summed E-state index contributed by atoms with van der Waals surface area (Å²) in [6.45, 7) is 0. The van der Waals surface area contributed by atoms with Gasteiger partial charge in [0.05, 0.1) is 12.0 Å². The number of H-pyrrole nitrogens is 1. The number of rotatable bonds is 1. The SMILES string of the molecule is N#Cc1c(C23CC4CC(CC(C4)C2)C3)nc[nH]c1=O. The molecular weight excluding hydrogens is 238 g/mol. The van der Waals surface area contributed by atoms with Crippen LogP contribution >= 0.6 is 0 Å². The second-order valence-corrected chi connectivity index (χ2v) is 6.76. The van der Waals surface area contributed by atoms with Crippen molar-refractivity contribution in [3.63, 3.8) is 0 Å². The normalized spacial score (nSPS) is 39.2. The van der Waals surface area contributed by atoms with Gasteiger partial charge in [0.25, 0.3) is 5.56 Å². The van der Waals surface area contributed by atoms with E-state index in [4.69, 9.17) is 0 Å². The summed E-state index contributed by atoms with van der Waals surface area (Å²) in [4.78, 5) is 18.8. The zero-order chi connectivity index (χ0) is 13.0. The fourth-order valence-electron chi connectivity index (χ4n) is 5.31. The Bertz CT molecular complexity index is 590. The highest BCUT2D eigenvalue weighted by Crippen LogP contribution is 2.60. The Hall–Kier alpha value is -1.63. The minimum absolute atomic E-state index is 0.0219. The molecule has 1 aromatic heterocycles. The smallest absolute Gasteiger partial charge is 0.268 e. The zero-order valence-corrected chi connectivity index (χ0v) is 10.9. The first kappa shape index (κ1) is 11.2. The number of nitrogens with zero attached hydrogens (tertiary/aromatic N) is 2. The lowest BCUT2D eigenvalue weighted by molar-refractivity contribution is -0.00745. The highest BCUT2D eigenvalue weighted by atomic mass is 16.1. The highest BCUT2D eigenvalue weighted by Gasteiger charge is 2.53. The van der Waals surface area contributed by atoms with E-state index in [-0.39, 0.29) is 16.5 Å². The quantitative estimate of drug-likeness (QED) is 0.835. The predicted molar refractivity (Wildman–Crippen MR) is 69.4 cm³/mol. The highest BCUT2D eigenvalue weighted by molar-refractivity contribution is 5.37. The summed E-state index contributed by atoms with van der Waals surface area (Å²) in [5, 5.41) is 9.29. The molecule has 19 heavy (non-hydrogen) atoms. The fourth-order valence-corrected chi connectivity index (χ4v) is 5.31. The third-order valence-corrected chi connectivity index (χ3v) is 5.51. The Kier molecular flexibility index (Phi) is 2.18. The fraction of sp³-hybridized carbons (Fsp3) is 0.667. The summed E-state index contributed by atoms with van der Waals surface area (Å²) in [6.07, 6.45) is 8.91. The van der Waals surface area contributed by atoms with Crippen LogP contribution in [0.25, 0.3) is 0 Å². The molecule has 4 bridgehead atoms. The van der Waals surface area contributed by atoms with Crippen molar-refractivity contribution in [3.8, 4) is 6.07 Å². The van der Waals surface area contributed by atoms with Gasteiger partial charge in [-0.05, 0) is 56.3 Å². The van der Waals surface area contributed by atoms with Crippen LogP contribution in [0.2, 0.25) is 0 Å². The second-order valence-electron chi connectivity index (χ2n) is 6.76. The van der Waals surface area contributed by atoms with Gasteiger partial charge in [0.15, 0.2) is 0 Å². The monoisotopic (exact) mass is 255 g/mol. The Balaban J connectivity index is 1.87. The molecule has 4 saturated carbocycles. The van der Waals surface area contributed by atoms with E-state index in [0.29, 0.717) is 0 Å². The lowest BCUT2D eigenvalue weighted by Crippen LogP contribution is -2.49. The molecule has 4 aliphatic rings. The molecule has 5 rings (SSSR count). The Morgan fingerprint density at radius 3 is 2.32 bits per heavy atom. The lowest BCUT2D eigenvalue weighted by Gasteiger charge is -2.56. The molecule has 0 saturated heterocycles. The molecule has 0 aliphatic heterocycles. The Morgan fingerprint density at radius 2 is 1.79 bits per heavy atom. The second kappa shape index (κ2) is 3.69. The molecular formula is C15H17N3O. The van der Waals surface area contributed by atoms with Crippen molar-refractivity contribution in [1.29, 1.82) is 5.26 Å². The molecule has 1 heterocycles. The predicted octanol–water partition coefficient (Wildman–Crippen LogP) is 2.11. The van der Waals surface area contributed by atoms with Crippen LogP contribution in [0.1, 0.15) is 49.8 Å². The number of aromatic nitrogens is 2. The van der Waals surface area contributed by atoms with E-state index in [1.165, 1.54) is 25.6 Å². The van der Waals surface area contributed by atoms with Crippen LogP contribution in [0.4, 0.5) is 0 Å². The maximum atomic E-state index is 11.8. The van der Waals surface area contributed by atoms with Crippen LogP contribution in [0.15, 0.2) is 11.1 Å². The summed E-state index contributed by atoms with van der Waals surface area (Å²) >= 11 is 0. The van der Waals surface area contributed by atoms with Crippen LogP contribution in [0.3, 0.4) is 0 Å². The van der Waals surface area contributed by atoms with Gasteiger partial charge in [-0.1, -0.05) is 0 Å². The van der Waals surface area contributed by atoms with Crippen LogP contribution in [0.5, 0.6) is 0 Å². The third kappa shape index (κ3) is 1.51. The number of aromatic amines is 1. The maximum absolute atomic E-state index is 11.8. The first-order valence-electron chi connectivity index (χ1n) is 7.18. The van der Waals surface area contributed by atoms with Crippen molar-refractivity contribution < 1.29 is 0 Å². The molecule has 4 aliphatic carbocycles. The van der Waals surface area contributed by atoms with E-state index >= 15 is 0 Å². The summed E-state index contributed by atoms with van der Waals surface area (Å²) in [5.41, 5.74) is 0.791. The number of nitrogens with one attached hydrogen (secondary N) is 1. The Labute approximate surface area is 111 Å².